The molecule has 5 heteroatoms. The monoisotopic (exact) mass is 308 g/mol. The first-order valence-corrected chi connectivity index (χ1v) is 7.61. The summed E-state index contributed by atoms with van der Waals surface area (Å²) in [6.45, 7) is 2.22. The van der Waals surface area contributed by atoms with Crippen molar-refractivity contribution in [1.82, 2.24) is 19.7 Å². The highest BCUT2D eigenvalue weighted by Crippen LogP contribution is 2.25. The molecule has 0 spiro atoms. The van der Waals surface area contributed by atoms with Crippen molar-refractivity contribution in [3.05, 3.63) is 71.6 Å². The van der Waals surface area contributed by atoms with E-state index in [0.29, 0.717) is 12.2 Å². The van der Waals surface area contributed by atoms with Gasteiger partial charge in [0.15, 0.2) is 0 Å². The van der Waals surface area contributed by atoms with Gasteiger partial charge >= 0.3 is 0 Å². The molecule has 1 aliphatic rings. The Bertz CT molecular complexity index is 831. The van der Waals surface area contributed by atoms with Crippen LogP contribution in [0, 0.1) is 5.82 Å². The number of pyridine rings is 1. The number of nitrogens with zero attached hydrogens (tertiary/aromatic N) is 4. The van der Waals surface area contributed by atoms with Gasteiger partial charge in [0, 0.05) is 50.2 Å². The number of hydrogen-bond acceptors (Lipinski definition) is 3. The van der Waals surface area contributed by atoms with Crippen LogP contribution in [0.2, 0.25) is 0 Å². The second-order valence-electron chi connectivity index (χ2n) is 5.97. The highest BCUT2D eigenvalue weighted by molar-refractivity contribution is 5.60. The molecule has 0 saturated carbocycles. The van der Waals surface area contributed by atoms with Crippen LogP contribution in [0.15, 0.2) is 48.9 Å². The highest BCUT2D eigenvalue weighted by Gasteiger charge is 2.20. The average Bonchev–Trinajstić information content (AvgIpc) is 3.15. The van der Waals surface area contributed by atoms with Gasteiger partial charge in [-0.2, -0.15) is 5.10 Å². The number of aryl methyl sites for hydroxylation is 1. The minimum atomic E-state index is -0.262. The third-order valence-corrected chi connectivity index (χ3v) is 4.24. The molecule has 116 valence electrons. The van der Waals surface area contributed by atoms with Crippen LogP contribution < -0.4 is 0 Å². The van der Waals surface area contributed by atoms with Crippen molar-refractivity contribution in [2.24, 2.45) is 7.05 Å². The number of fused-ring (bicyclic) bond motifs is 1. The van der Waals surface area contributed by atoms with E-state index in [-0.39, 0.29) is 5.82 Å². The Labute approximate surface area is 134 Å². The van der Waals surface area contributed by atoms with E-state index in [2.05, 4.69) is 27.1 Å². The van der Waals surface area contributed by atoms with Crippen LogP contribution in [0.1, 0.15) is 16.8 Å². The number of aromatic nitrogens is 3. The fourth-order valence-electron chi connectivity index (χ4n) is 3.04. The van der Waals surface area contributed by atoms with Crippen LogP contribution in [0.3, 0.4) is 0 Å². The molecule has 23 heavy (non-hydrogen) atoms. The molecular weight excluding hydrogens is 291 g/mol. The molecule has 0 bridgehead atoms. The zero-order valence-electron chi connectivity index (χ0n) is 12.9. The second-order valence-corrected chi connectivity index (χ2v) is 5.97. The number of benzene rings is 1. The largest absolute Gasteiger partial charge is 0.289 e. The Kier molecular flexibility index (Phi) is 3.42. The molecule has 1 aromatic carbocycles. The van der Waals surface area contributed by atoms with Crippen LogP contribution in [-0.4, -0.2) is 19.7 Å². The van der Waals surface area contributed by atoms with Gasteiger partial charge in [-0.15, -0.1) is 0 Å². The summed E-state index contributed by atoms with van der Waals surface area (Å²) in [4.78, 5) is 6.54. The standard InChI is InChI=1S/C18H17FN4/c1-22-9-16(8-21-22)15-6-17(19)18(20-7-15)12-23-10-13-4-2-3-5-14(13)11-23/h2-9H,10-12H2,1H3. The zero-order valence-corrected chi connectivity index (χ0v) is 12.9. The first-order chi connectivity index (χ1) is 11.2. The van der Waals surface area contributed by atoms with Crippen LogP contribution in [-0.2, 0) is 26.7 Å². The summed E-state index contributed by atoms with van der Waals surface area (Å²) < 4.78 is 16.1. The van der Waals surface area contributed by atoms with Crippen molar-refractivity contribution in [2.75, 3.05) is 0 Å². The molecule has 0 aliphatic carbocycles. The van der Waals surface area contributed by atoms with Gasteiger partial charge in [-0.1, -0.05) is 24.3 Å². The lowest BCUT2D eigenvalue weighted by atomic mass is 10.1. The van der Waals surface area contributed by atoms with E-state index >= 15 is 0 Å². The quantitative estimate of drug-likeness (QED) is 0.745. The van der Waals surface area contributed by atoms with Gasteiger partial charge in [0.2, 0.25) is 0 Å². The smallest absolute Gasteiger partial charge is 0.146 e. The molecule has 0 atom stereocenters. The molecule has 0 unspecified atom stereocenters. The molecule has 0 saturated heterocycles. The first-order valence-electron chi connectivity index (χ1n) is 7.61. The number of rotatable bonds is 3. The maximum atomic E-state index is 14.4. The molecule has 0 radical (unpaired) electrons. The van der Waals surface area contributed by atoms with Crippen molar-refractivity contribution in [1.29, 1.82) is 0 Å². The number of hydrogen-bond donors (Lipinski definition) is 0. The fraction of sp³-hybridized carbons (Fsp3) is 0.222. The normalized spacial score (nSPS) is 14.2. The fourth-order valence-corrected chi connectivity index (χ4v) is 3.04. The van der Waals surface area contributed by atoms with Crippen molar-refractivity contribution >= 4 is 0 Å². The Morgan fingerprint density at radius 3 is 2.43 bits per heavy atom. The summed E-state index contributed by atoms with van der Waals surface area (Å²) in [7, 11) is 1.84. The molecule has 3 aromatic rings. The summed E-state index contributed by atoms with van der Waals surface area (Å²) in [5.41, 5.74) is 4.76. The minimum Gasteiger partial charge on any atom is -0.289 e. The zero-order chi connectivity index (χ0) is 15.8. The first kappa shape index (κ1) is 14.1. The van der Waals surface area contributed by atoms with E-state index in [1.807, 2.05) is 25.4 Å². The maximum absolute atomic E-state index is 14.4. The predicted molar refractivity (Wildman–Crippen MR) is 85.8 cm³/mol. The Morgan fingerprint density at radius 2 is 1.83 bits per heavy atom. The third kappa shape index (κ3) is 2.75. The van der Waals surface area contributed by atoms with Crippen LogP contribution in [0.25, 0.3) is 11.1 Å². The summed E-state index contributed by atoms with van der Waals surface area (Å²) in [6.07, 6.45) is 5.29. The summed E-state index contributed by atoms with van der Waals surface area (Å²) in [5, 5.41) is 4.11. The van der Waals surface area contributed by atoms with E-state index in [0.717, 1.165) is 24.2 Å². The molecule has 1 aliphatic heterocycles. The van der Waals surface area contributed by atoms with E-state index in [1.165, 1.54) is 11.1 Å². The van der Waals surface area contributed by atoms with E-state index < -0.39 is 0 Å². The van der Waals surface area contributed by atoms with Gasteiger partial charge in [0.1, 0.15) is 5.82 Å². The molecule has 4 nitrogen and oxygen atoms in total. The van der Waals surface area contributed by atoms with Crippen molar-refractivity contribution in [3.63, 3.8) is 0 Å². The Balaban J connectivity index is 1.52. The Hall–Kier alpha value is -2.53. The lowest BCUT2D eigenvalue weighted by molar-refractivity contribution is 0.267. The lowest BCUT2D eigenvalue weighted by Crippen LogP contribution is -2.17. The van der Waals surface area contributed by atoms with E-state index in [1.54, 1.807) is 23.1 Å². The summed E-state index contributed by atoms with van der Waals surface area (Å²) in [5.74, 6) is -0.262. The van der Waals surface area contributed by atoms with Gasteiger partial charge < -0.3 is 0 Å². The minimum absolute atomic E-state index is 0.262. The summed E-state index contributed by atoms with van der Waals surface area (Å²) in [6, 6.07) is 9.89. The Morgan fingerprint density at radius 1 is 1.09 bits per heavy atom. The van der Waals surface area contributed by atoms with Gasteiger partial charge in [0.05, 0.1) is 11.9 Å². The van der Waals surface area contributed by atoms with Crippen LogP contribution in [0.5, 0.6) is 0 Å². The van der Waals surface area contributed by atoms with Gasteiger partial charge in [-0.25, -0.2) is 4.39 Å². The molecule has 4 rings (SSSR count). The van der Waals surface area contributed by atoms with Gasteiger partial charge in [0.25, 0.3) is 0 Å². The number of halogens is 1. The molecular formula is C18H17FN4. The highest BCUT2D eigenvalue weighted by atomic mass is 19.1. The lowest BCUT2D eigenvalue weighted by Gasteiger charge is -2.14. The SMILES string of the molecule is Cn1cc(-c2cnc(CN3Cc4ccccc4C3)c(F)c2)cn1. The van der Waals surface area contributed by atoms with Crippen molar-refractivity contribution in [3.8, 4) is 11.1 Å². The van der Waals surface area contributed by atoms with E-state index in [9.17, 15) is 4.39 Å². The van der Waals surface area contributed by atoms with Gasteiger partial charge in [-0.05, 0) is 17.2 Å². The molecule has 2 aromatic heterocycles. The van der Waals surface area contributed by atoms with Crippen LogP contribution in [0.4, 0.5) is 4.39 Å². The molecule has 0 N–H and O–H groups in total. The second kappa shape index (κ2) is 5.59. The van der Waals surface area contributed by atoms with Crippen LogP contribution >= 0.6 is 0 Å². The average molecular weight is 308 g/mol. The van der Waals surface area contributed by atoms with Crippen molar-refractivity contribution in [2.45, 2.75) is 19.6 Å². The van der Waals surface area contributed by atoms with Crippen molar-refractivity contribution < 1.29 is 4.39 Å². The molecule has 0 fully saturated rings. The summed E-state index contributed by atoms with van der Waals surface area (Å²) >= 11 is 0. The van der Waals surface area contributed by atoms with Gasteiger partial charge in [-0.3, -0.25) is 14.6 Å². The molecule has 3 heterocycles. The topological polar surface area (TPSA) is 34.0 Å². The third-order valence-electron chi connectivity index (χ3n) is 4.24. The van der Waals surface area contributed by atoms with E-state index in [4.69, 9.17) is 0 Å². The predicted octanol–water partition coefficient (Wildman–Crippen LogP) is 3.14. The maximum Gasteiger partial charge on any atom is 0.146 e. The molecule has 0 amide bonds.